The summed E-state index contributed by atoms with van der Waals surface area (Å²) in [5.41, 5.74) is 3.83. The maximum atomic E-state index is 13.7. The molecule has 1 atom stereocenters. The van der Waals surface area contributed by atoms with Crippen molar-refractivity contribution in [2.45, 2.75) is 45.7 Å². The number of aryl methyl sites for hydroxylation is 1. The number of amides is 2. The predicted molar refractivity (Wildman–Crippen MR) is 139 cm³/mol. The minimum Gasteiger partial charge on any atom is -0.354 e. The van der Waals surface area contributed by atoms with E-state index >= 15 is 0 Å². The molecule has 1 N–H and O–H groups in total. The van der Waals surface area contributed by atoms with Gasteiger partial charge in [-0.1, -0.05) is 90.8 Å². The van der Waals surface area contributed by atoms with Crippen LogP contribution in [0.5, 0.6) is 0 Å². The minimum atomic E-state index is -0.649. The van der Waals surface area contributed by atoms with Crippen LogP contribution in [0.15, 0.2) is 72.8 Å². The first-order valence-electron chi connectivity index (χ1n) is 11.5. The number of hydrogen-bond donors (Lipinski definition) is 1. The summed E-state index contributed by atoms with van der Waals surface area (Å²) in [6.45, 7) is 4.92. The smallest absolute Gasteiger partial charge is 0.243 e. The summed E-state index contributed by atoms with van der Waals surface area (Å²) in [5.74, 6) is -0.295. The normalized spacial score (nSPS) is 11.6. The Hall–Kier alpha value is -2.82. The summed E-state index contributed by atoms with van der Waals surface area (Å²) in [7, 11) is 0. The molecular formula is C28H30Cl2N2O2. The number of hydrogen-bond acceptors (Lipinski definition) is 2. The zero-order chi connectivity index (χ0) is 24.5. The fraction of sp³-hybridized carbons (Fsp3) is 0.286. The predicted octanol–water partition coefficient (Wildman–Crippen LogP) is 6.01. The molecule has 0 bridgehead atoms. The van der Waals surface area contributed by atoms with Crippen LogP contribution in [0.4, 0.5) is 0 Å². The molecule has 178 valence electrons. The lowest BCUT2D eigenvalue weighted by molar-refractivity contribution is -0.140. The van der Waals surface area contributed by atoms with Crippen LogP contribution in [-0.4, -0.2) is 29.3 Å². The van der Waals surface area contributed by atoms with Gasteiger partial charge in [0.05, 0.1) is 16.5 Å². The minimum absolute atomic E-state index is 0.120. The van der Waals surface area contributed by atoms with Gasteiger partial charge in [0, 0.05) is 19.5 Å². The molecule has 0 heterocycles. The Morgan fingerprint density at radius 3 is 2.29 bits per heavy atom. The fourth-order valence-corrected chi connectivity index (χ4v) is 4.14. The van der Waals surface area contributed by atoms with E-state index < -0.39 is 6.04 Å². The Labute approximate surface area is 211 Å². The van der Waals surface area contributed by atoms with Crippen LogP contribution >= 0.6 is 23.2 Å². The molecule has 0 aliphatic rings. The monoisotopic (exact) mass is 496 g/mol. The molecule has 3 rings (SSSR count). The molecule has 0 spiro atoms. The second-order valence-electron chi connectivity index (χ2n) is 8.37. The molecule has 4 nitrogen and oxygen atoms in total. The van der Waals surface area contributed by atoms with Crippen molar-refractivity contribution in [3.8, 4) is 0 Å². The number of nitrogens with one attached hydrogen (secondary N) is 1. The average molecular weight is 497 g/mol. The van der Waals surface area contributed by atoms with Crippen molar-refractivity contribution in [1.29, 1.82) is 0 Å². The zero-order valence-electron chi connectivity index (χ0n) is 19.6. The summed E-state index contributed by atoms with van der Waals surface area (Å²) in [6.07, 6.45) is 1.36. The highest BCUT2D eigenvalue weighted by Crippen LogP contribution is 2.24. The molecule has 0 saturated carbocycles. The number of rotatable bonds is 10. The Morgan fingerprint density at radius 1 is 0.912 bits per heavy atom. The number of carbonyl (C=O) groups is 2. The van der Waals surface area contributed by atoms with Crippen molar-refractivity contribution in [2.24, 2.45) is 0 Å². The van der Waals surface area contributed by atoms with Crippen molar-refractivity contribution in [1.82, 2.24) is 10.2 Å². The maximum absolute atomic E-state index is 13.7. The molecule has 0 aromatic heterocycles. The SMILES string of the molecule is CCCNC(=O)C(Cc1ccccc1)N(Cc1ccccc1C)C(=O)Cc1ccc(Cl)c(Cl)c1. The van der Waals surface area contributed by atoms with Crippen LogP contribution in [0.2, 0.25) is 10.0 Å². The summed E-state index contributed by atoms with van der Waals surface area (Å²) < 4.78 is 0. The molecule has 0 aliphatic carbocycles. The van der Waals surface area contributed by atoms with Crippen LogP contribution in [0.3, 0.4) is 0 Å². The van der Waals surface area contributed by atoms with Gasteiger partial charge in [0.15, 0.2) is 0 Å². The van der Waals surface area contributed by atoms with Gasteiger partial charge in [-0.3, -0.25) is 9.59 Å². The first-order chi connectivity index (χ1) is 16.4. The van der Waals surface area contributed by atoms with Gasteiger partial charge in [-0.05, 0) is 47.7 Å². The van der Waals surface area contributed by atoms with Crippen LogP contribution < -0.4 is 5.32 Å². The Bertz CT molecular complexity index is 1120. The highest BCUT2D eigenvalue weighted by molar-refractivity contribution is 6.42. The highest BCUT2D eigenvalue weighted by Gasteiger charge is 2.30. The molecule has 3 aromatic rings. The van der Waals surface area contributed by atoms with Gasteiger partial charge < -0.3 is 10.2 Å². The lowest BCUT2D eigenvalue weighted by Gasteiger charge is -2.32. The molecule has 2 amide bonds. The van der Waals surface area contributed by atoms with Crippen molar-refractivity contribution in [3.05, 3.63) is 105 Å². The third kappa shape index (κ3) is 7.09. The standard InChI is InChI=1S/C28H30Cl2N2O2/c1-3-15-31-28(34)26(17-21-10-5-4-6-11-21)32(19-23-12-8-7-9-20(23)2)27(33)18-22-13-14-24(29)25(30)16-22/h4-14,16,26H,3,15,17-19H2,1-2H3,(H,31,34). The maximum Gasteiger partial charge on any atom is 0.243 e. The number of benzene rings is 3. The van der Waals surface area contributed by atoms with Crippen LogP contribution in [0.1, 0.15) is 35.6 Å². The van der Waals surface area contributed by atoms with E-state index in [1.807, 2.05) is 68.4 Å². The first-order valence-corrected chi connectivity index (χ1v) is 12.2. The fourth-order valence-electron chi connectivity index (χ4n) is 3.82. The highest BCUT2D eigenvalue weighted by atomic mass is 35.5. The Kier molecular flexibility index (Phi) is 9.55. The summed E-state index contributed by atoms with van der Waals surface area (Å²) in [5, 5.41) is 3.84. The molecule has 0 saturated heterocycles. The van der Waals surface area contributed by atoms with E-state index in [1.54, 1.807) is 23.1 Å². The molecule has 0 radical (unpaired) electrons. The van der Waals surface area contributed by atoms with Crippen LogP contribution in [0.25, 0.3) is 0 Å². The van der Waals surface area contributed by atoms with Crippen LogP contribution in [-0.2, 0) is 29.0 Å². The number of halogens is 2. The third-order valence-corrected chi connectivity index (χ3v) is 6.50. The van der Waals surface area contributed by atoms with E-state index in [4.69, 9.17) is 23.2 Å². The van der Waals surface area contributed by atoms with Crippen molar-refractivity contribution in [2.75, 3.05) is 6.54 Å². The number of carbonyl (C=O) groups excluding carboxylic acids is 2. The largest absolute Gasteiger partial charge is 0.354 e. The van der Waals surface area contributed by atoms with Gasteiger partial charge in [-0.25, -0.2) is 0 Å². The zero-order valence-corrected chi connectivity index (χ0v) is 21.1. The molecule has 6 heteroatoms. The van der Waals surface area contributed by atoms with Gasteiger partial charge in [-0.2, -0.15) is 0 Å². The summed E-state index contributed by atoms with van der Waals surface area (Å²) >= 11 is 12.2. The van der Waals surface area contributed by atoms with Gasteiger partial charge in [-0.15, -0.1) is 0 Å². The number of nitrogens with zero attached hydrogens (tertiary/aromatic N) is 1. The van der Waals surface area contributed by atoms with Crippen molar-refractivity contribution >= 4 is 35.0 Å². The van der Waals surface area contributed by atoms with Crippen molar-refractivity contribution < 1.29 is 9.59 Å². The summed E-state index contributed by atoms with van der Waals surface area (Å²) in [4.78, 5) is 28.7. The summed E-state index contributed by atoms with van der Waals surface area (Å²) in [6, 6.07) is 22.3. The van der Waals surface area contributed by atoms with Gasteiger partial charge in [0.25, 0.3) is 0 Å². The second-order valence-corrected chi connectivity index (χ2v) is 9.18. The first kappa shape index (κ1) is 25.8. The van der Waals surface area contributed by atoms with E-state index in [0.29, 0.717) is 29.6 Å². The molecule has 0 aliphatic heterocycles. The van der Waals surface area contributed by atoms with Gasteiger partial charge in [0.1, 0.15) is 6.04 Å². The molecular weight excluding hydrogens is 467 g/mol. The quantitative estimate of drug-likeness (QED) is 0.373. The van der Waals surface area contributed by atoms with E-state index in [1.165, 1.54) is 0 Å². The third-order valence-electron chi connectivity index (χ3n) is 5.76. The molecule has 1 unspecified atom stereocenters. The van der Waals surface area contributed by atoms with Crippen LogP contribution in [0, 0.1) is 6.92 Å². The van der Waals surface area contributed by atoms with E-state index in [9.17, 15) is 9.59 Å². The lowest BCUT2D eigenvalue weighted by Crippen LogP contribution is -2.51. The lowest BCUT2D eigenvalue weighted by atomic mass is 10.0. The van der Waals surface area contributed by atoms with E-state index in [-0.39, 0.29) is 18.2 Å². The Balaban J connectivity index is 1.97. The molecule has 0 fully saturated rings. The topological polar surface area (TPSA) is 49.4 Å². The molecule has 34 heavy (non-hydrogen) atoms. The van der Waals surface area contributed by atoms with E-state index in [0.717, 1.165) is 28.7 Å². The Morgan fingerprint density at radius 2 is 1.62 bits per heavy atom. The van der Waals surface area contributed by atoms with Crippen molar-refractivity contribution in [3.63, 3.8) is 0 Å². The average Bonchev–Trinajstić information content (AvgIpc) is 2.83. The van der Waals surface area contributed by atoms with Gasteiger partial charge in [0.2, 0.25) is 11.8 Å². The van der Waals surface area contributed by atoms with Gasteiger partial charge >= 0.3 is 0 Å². The van der Waals surface area contributed by atoms with E-state index in [2.05, 4.69) is 5.32 Å². The molecule has 3 aromatic carbocycles. The second kappa shape index (κ2) is 12.6.